The van der Waals surface area contributed by atoms with Gasteiger partial charge in [0.1, 0.15) is 22.8 Å². The first kappa shape index (κ1) is 27.6. The average Bonchev–Trinajstić information content (AvgIpc) is 3.10. The van der Waals surface area contributed by atoms with Crippen LogP contribution in [0.15, 0.2) is 54.6 Å². The molecule has 4 rings (SSSR count). The Bertz CT molecular complexity index is 1320. The number of rotatable bonds is 10. The van der Waals surface area contributed by atoms with Gasteiger partial charge in [-0.05, 0) is 60.9 Å². The number of hydrogen-bond donors (Lipinski definition) is 1. The molecule has 1 atom stereocenters. The van der Waals surface area contributed by atoms with Crippen LogP contribution in [0.5, 0.6) is 28.7 Å². The predicted molar refractivity (Wildman–Crippen MR) is 147 cm³/mol. The van der Waals surface area contributed by atoms with E-state index in [9.17, 15) is 9.59 Å². The van der Waals surface area contributed by atoms with Gasteiger partial charge >= 0.3 is 0 Å². The molecular weight excluding hydrogens is 500 g/mol. The second-order valence-corrected chi connectivity index (χ2v) is 9.03. The molecule has 0 saturated carbocycles. The van der Waals surface area contributed by atoms with Crippen molar-refractivity contribution in [3.05, 3.63) is 71.3 Å². The number of fused-ring (bicyclic) bond motifs is 1. The summed E-state index contributed by atoms with van der Waals surface area (Å²) < 4.78 is 27.6. The minimum absolute atomic E-state index is 0.0708. The topological polar surface area (TPSA) is 95.6 Å². The van der Waals surface area contributed by atoms with Gasteiger partial charge in [0, 0.05) is 24.3 Å². The maximum absolute atomic E-state index is 13.3. The molecule has 2 amide bonds. The maximum Gasteiger partial charge on any atom is 0.263 e. The molecule has 1 N–H and O–H groups in total. The van der Waals surface area contributed by atoms with E-state index in [-0.39, 0.29) is 11.8 Å². The Morgan fingerprint density at radius 3 is 2.26 bits per heavy atom. The second-order valence-electron chi connectivity index (χ2n) is 9.03. The first-order valence-electron chi connectivity index (χ1n) is 12.7. The van der Waals surface area contributed by atoms with Crippen LogP contribution in [0.1, 0.15) is 34.8 Å². The highest BCUT2D eigenvalue weighted by molar-refractivity contribution is 6.08. The van der Waals surface area contributed by atoms with Gasteiger partial charge < -0.3 is 33.9 Å². The number of ether oxygens (including phenoxy) is 5. The zero-order valence-corrected chi connectivity index (χ0v) is 22.9. The summed E-state index contributed by atoms with van der Waals surface area (Å²) >= 11 is 0. The SMILES string of the molecule is CC[C@@H]1Oc2ccc(NC(=O)c3c(OC)cccc3OC)cc2CN(CCc2ccc(OC)c(OC)c2)C1=O. The van der Waals surface area contributed by atoms with Gasteiger partial charge in [-0.25, -0.2) is 0 Å². The van der Waals surface area contributed by atoms with E-state index in [0.29, 0.717) is 65.9 Å². The van der Waals surface area contributed by atoms with Gasteiger partial charge in [0.25, 0.3) is 11.8 Å². The summed E-state index contributed by atoms with van der Waals surface area (Å²) in [7, 11) is 6.20. The summed E-state index contributed by atoms with van der Waals surface area (Å²) in [6.45, 7) is 2.76. The van der Waals surface area contributed by atoms with Crippen molar-refractivity contribution in [3.8, 4) is 28.7 Å². The fraction of sp³-hybridized carbons (Fsp3) is 0.333. The minimum Gasteiger partial charge on any atom is -0.496 e. The number of hydrogen-bond acceptors (Lipinski definition) is 7. The summed E-state index contributed by atoms with van der Waals surface area (Å²) in [5.74, 6) is 2.29. The lowest BCUT2D eigenvalue weighted by atomic mass is 10.1. The molecular formula is C30H34N2O7. The van der Waals surface area contributed by atoms with Crippen LogP contribution in [-0.2, 0) is 17.8 Å². The quantitative estimate of drug-likeness (QED) is 0.402. The van der Waals surface area contributed by atoms with Crippen molar-refractivity contribution in [2.75, 3.05) is 40.3 Å². The zero-order valence-electron chi connectivity index (χ0n) is 22.9. The monoisotopic (exact) mass is 534 g/mol. The van der Waals surface area contributed by atoms with Gasteiger partial charge in [-0.2, -0.15) is 0 Å². The normalized spacial score (nSPS) is 14.5. The smallest absolute Gasteiger partial charge is 0.263 e. The molecule has 0 bridgehead atoms. The standard InChI is InChI=1S/C30H34N2O7/c1-6-22-30(34)32(15-14-19-10-12-24(35-2)27(16-19)38-5)18-20-17-21(11-13-23(20)39-22)31-29(33)28-25(36-3)8-7-9-26(28)37-4/h7-13,16-17,22H,6,14-15,18H2,1-5H3,(H,31,33)/t22-/m0/s1. The van der Waals surface area contributed by atoms with E-state index in [2.05, 4.69) is 5.32 Å². The lowest BCUT2D eigenvalue weighted by molar-refractivity contribution is -0.138. The first-order valence-corrected chi connectivity index (χ1v) is 12.7. The van der Waals surface area contributed by atoms with Crippen LogP contribution in [0.2, 0.25) is 0 Å². The zero-order chi connectivity index (χ0) is 27.9. The van der Waals surface area contributed by atoms with Crippen molar-refractivity contribution in [1.82, 2.24) is 4.90 Å². The van der Waals surface area contributed by atoms with E-state index < -0.39 is 6.10 Å². The van der Waals surface area contributed by atoms with E-state index in [0.717, 1.165) is 11.1 Å². The van der Waals surface area contributed by atoms with E-state index in [1.807, 2.05) is 31.2 Å². The molecule has 0 spiro atoms. The van der Waals surface area contributed by atoms with Gasteiger partial charge in [-0.3, -0.25) is 9.59 Å². The number of nitrogens with zero attached hydrogens (tertiary/aromatic N) is 1. The van der Waals surface area contributed by atoms with Gasteiger partial charge in [0.2, 0.25) is 0 Å². The van der Waals surface area contributed by atoms with Gasteiger partial charge in [-0.15, -0.1) is 0 Å². The Labute approximate surface area is 228 Å². The first-order chi connectivity index (χ1) is 18.9. The maximum atomic E-state index is 13.3. The molecule has 0 aliphatic carbocycles. The highest BCUT2D eigenvalue weighted by Gasteiger charge is 2.30. The molecule has 9 heteroatoms. The molecule has 1 aliphatic heterocycles. The highest BCUT2D eigenvalue weighted by Crippen LogP contribution is 2.33. The number of carbonyl (C=O) groups is 2. The molecule has 0 radical (unpaired) electrons. The molecule has 0 saturated heterocycles. The number of anilines is 1. The van der Waals surface area contributed by atoms with E-state index in [4.69, 9.17) is 23.7 Å². The van der Waals surface area contributed by atoms with Crippen molar-refractivity contribution in [2.45, 2.75) is 32.4 Å². The van der Waals surface area contributed by atoms with Crippen LogP contribution in [-0.4, -0.2) is 57.8 Å². The van der Waals surface area contributed by atoms with E-state index in [1.54, 1.807) is 49.5 Å². The number of nitrogens with one attached hydrogen (secondary N) is 1. The van der Waals surface area contributed by atoms with Gasteiger partial charge in [-0.1, -0.05) is 19.1 Å². The minimum atomic E-state index is -0.588. The molecule has 3 aromatic rings. The Morgan fingerprint density at radius 1 is 0.923 bits per heavy atom. The molecule has 9 nitrogen and oxygen atoms in total. The lowest BCUT2D eigenvalue weighted by Crippen LogP contribution is -2.40. The van der Waals surface area contributed by atoms with Crippen molar-refractivity contribution in [1.29, 1.82) is 0 Å². The molecule has 0 unspecified atom stereocenters. The second kappa shape index (κ2) is 12.4. The molecule has 0 fully saturated rings. The molecule has 0 aromatic heterocycles. The van der Waals surface area contributed by atoms with Crippen LogP contribution < -0.4 is 29.0 Å². The molecule has 3 aromatic carbocycles. The average molecular weight is 535 g/mol. The largest absolute Gasteiger partial charge is 0.496 e. The Balaban J connectivity index is 1.56. The molecule has 39 heavy (non-hydrogen) atoms. The number of methoxy groups -OCH3 is 4. The van der Waals surface area contributed by atoms with Crippen LogP contribution >= 0.6 is 0 Å². The number of carbonyl (C=O) groups excluding carboxylic acids is 2. The summed E-state index contributed by atoms with van der Waals surface area (Å²) in [6, 6.07) is 16.3. The molecule has 206 valence electrons. The third-order valence-corrected chi connectivity index (χ3v) is 6.68. The fourth-order valence-electron chi connectivity index (χ4n) is 4.60. The summed E-state index contributed by atoms with van der Waals surface area (Å²) in [5, 5.41) is 2.93. The highest BCUT2D eigenvalue weighted by atomic mass is 16.5. The third-order valence-electron chi connectivity index (χ3n) is 6.68. The van der Waals surface area contributed by atoms with Crippen molar-refractivity contribution < 1.29 is 33.3 Å². The van der Waals surface area contributed by atoms with Crippen LogP contribution in [0.3, 0.4) is 0 Å². The Kier molecular flexibility index (Phi) is 8.81. The van der Waals surface area contributed by atoms with Crippen LogP contribution in [0, 0.1) is 0 Å². The van der Waals surface area contributed by atoms with Crippen LogP contribution in [0.25, 0.3) is 0 Å². The summed E-state index contributed by atoms with van der Waals surface area (Å²) in [6.07, 6.45) is 0.578. The predicted octanol–water partition coefficient (Wildman–Crippen LogP) is 4.72. The summed E-state index contributed by atoms with van der Waals surface area (Å²) in [4.78, 5) is 28.3. The fourth-order valence-corrected chi connectivity index (χ4v) is 4.60. The number of benzene rings is 3. The van der Waals surface area contributed by atoms with Crippen LogP contribution in [0.4, 0.5) is 5.69 Å². The summed E-state index contributed by atoms with van der Waals surface area (Å²) in [5.41, 5.74) is 2.69. The van der Waals surface area contributed by atoms with Gasteiger partial charge in [0.05, 0.1) is 28.4 Å². The van der Waals surface area contributed by atoms with E-state index in [1.165, 1.54) is 14.2 Å². The molecule has 1 aliphatic rings. The van der Waals surface area contributed by atoms with E-state index >= 15 is 0 Å². The van der Waals surface area contributed by atoms with Crippen molar-refractivity contribution >= 4 is 17.5 Å². The van der Waals surface area contributed by atoms with Gasteiger partial charge in [0.15, 0.2) is 17.6 Å². The Hall–Kier alpha value is -4.40. The number of amides is 2. The lowest BCUT2D eigenvalue weighted by Gasteiger charge is -2.23. The third kappa shape index (κ3) is 6.03. The molecule has 1 heterocycles. The Morgan fingerprint density at radius 2 is 1.62 bits per heavy atom. The van der Waals surface area contributed by atoms with Crippen molar-refractivity contribution in [2.24, 2.45) is 0 Å². The van der Waals surface area contributed by atoms with Crippen molar-refractivity contribution in [3.63, 3.8) is 0 Å².